The molecule has 0 bridgehead atoms. The monoisotopic (exact) mass is 182 g/mol. The van der Waals surface area contributed by atoms with E-state index in [4.69, 9.17) is 0 Å². The summed E-state index contributed by atoms with van der Waals surface area (Å²) in [5.41, 5.74) is 0. The summed E-state index contributed by atoms with van der Waals surface area (Å²) in [4.78, 5) is 2.73. The number of hydrogen-bond donors (Lipinski definition) is 1. The molecule has 2 atom stereocenters. The highest BCUT2D eigenvalue weighted by Crippen LogP contribution is 2.21. The summed E-state index contributed by atoms with van der Waals surface area (Å²) in [6.45, 7) is 6.20. The van der Waals surface area contributed by atoms with E-state index in [-0.39, 0.29) is 0 Å². The lowest BCUT2D eigenvalue weighted by atomic mass is 9.97. The van der Waals surface area contributed by atoms with Crippen molar-refractivity contribution in [1.82, 2.24) is 10.2 Å². The van der Waals surface area contributed by atoms with Crippen molar-refractivity contribution in [2.45, 2.75) is 51.1 Å². The fourth-order valence-electron chi connectivity index (χ4n) is 2.78. The van der Waals surface area contributed by atoms with Gasteiger partial charge in [0.05, 0.1) is 0 Å². The van der Waals surface area contributed by atoms with Crippen molar-refractivity contribution < 1.29 is 0 Å². The molecule has 0 aromatic rings. The molecule has 76 valence electrons. The van der Waals surface area contributed by atoms with Crippen LogP contribution in [0.4, 0.5) is 0 Å². The maximum absolute atomic E-state index is 3.51. The van der Waals surface area contributed by atoms with E-state index < -0.39 is 0 Å². The molecule has 0 aliphatic carbocycles. The van der Waals surface area contributed by atoms with Crippen LogP contribution >= 0.6 is 0 Å². The van der Waals surface area contributed by atoms with Gasteiger partial charge in [-0.15, -0.1) is 0 Å². The molecule has 2 fully saturated rings. The van der Waals surface area contributed by atoms with Gasteiger partial charge in [0, 0.05) is 18.6 Å². The Balaban J connectivity index is 1.88. The molecule has 0 unspecified atom stereocenters. The van der Waals surface area contributed by atoms with Crippen LogP contribution in [0.15, 0.2) is 0 Å². The van der Waals surface area contributed by atoms with Crippen molar-refractivity contribution in [2.24, 2.45) is 0 Å². The van der Waals surface area contributed by atoms with Crippen LogP contribution in [0, 0.1) is 0 Å². The lowest BCUT2D eigenvalue weighted by molar-refractivity contribution is 0.0890. The van der Waals surface area contributed by atoms with Crippen LogP contribution in [-0.2, 0) is 0 Å². The Morgan fingerprint density at radius 2 is 2.08 bits per heavy atom. The highest BCUT2D eigenvalue weighted by molar-refractivity contribution is 4.84. The second kappa shape index (κ2) is 4.43. The minimum Gasteiger partial charge on any atom is -0.315 e. The molecule has 0 aromatic carbocycles. The van der Waals surface area contributed by atoms with Gasteiger partial charge in [-0.2, -0.15) is 0 Å². The molecule has 2 aliphatic rings. The third kappa shape index (κ3) is 2.23. The van der Waals surface area contributed by atoms with E-state index in [1.54, 1.807) is 0 Å². The third-order valence-electron chi connectivity index (χ3n) is 3.59. The summed E-state index contributed by atoms with van der Waals surface area (Å²) < 4.78 is 0. The minimum atomic E-state index is 0.832. The molecular weight excluding hydrogens is 160 g/mol. The van der Waals surface area contributed by atoms with E-state index in [9.17, 15) is 0 Å². The normalized spacial score (nSPS) is 37.6. The topological polar surface area (TPSA) is 15.3 Å². The zero-order valence-corrected chi connectivity index (χ0v) is 8.76. The standard InChI is InChI=1S/C11H22N2/c1-10-5-2-3-8-13(10)11-6-4-7-12-9-11/h10-12H,2-9H2,1H3/t10-,11-/m0/s1. The van der Waals surface area contributed by atoms with E-state index >= 15 is 0 Å². The zero-order valence-electron chi connectivity index (χ0n) is 8.76. The molecular formula is C11H22N2. The summed E-state index contributed by atoms with van der Waals surface area (Å²) >= 11 is 0. The average molecular weight is 182 g/mol. The molecule has 13 heavy (non-hydrogen) atoms. The molecule has 0 saturated carbocycles. The molecule has 2 heteroatoms. The predicted molar refractivity (Wildman–Crippen MR) is 55.9 cm³/mol. The number of piperidine rings is 2. The Morgan fingerprint density at radius 3 is 2.77 bits per heavy atom. The number of likely N-dealkylation sites (tertiary alicyclic amines) is 1. The maximum atomic E-state index is 3.51. The fraction of sp³-hybridized carbons (Fsp3) is 1.00. The van der Waals surface area contributed by atoms with Gasteiger partial charge in [0.1, 0.15) is 0 Å². The molecule has 2 saturated heterocycles. The van der Waals surface area contributed by atoms with Crippen molar-refractivity contribution in [1.29, 1.82) is 0 Å². The molecule has 0 aromatic heterocycles. The number of hydrogen-bond acceptors (Lipinski definition) is 2. The van der Waals surface area contributed by atoms with Gasteiger partial charge in [0.25, 0.3) is 0 Å². The van der Waals surface area contributed by atoms with E-state index in [2.05, 4.69) is 17.1 Å². The van der Waals surface area contributed by atoms with E-state index in [1.165, 1.54) is 51.7 Å². The summed E-state index contributed by atoms with van der Waals surface area (Å²) in [6.07, 6.45) is 7.06. The highest BCUT2D eigenvalue weighted by Gasteiger charge is 2.26. The molecule has 0 amide bonds. The van der Waals surface area contributed by atoms with Crippen LogP contribution in [-0.4, -0.2) is 36.6 Å². The molecule has 0 radical (unpaired) electrons. The molecule has 2 nitrogen and oxygen atoms in total. The first-order chi connectivity index (χ1) is 6.38. The largest absolute Gasteiger partial charge is 0.315 e. The maximum Gasteiger partial charge on any atom is 0.0223 e. The Labute approximate surface area is 81.7 Å². The number of rotatable bonds is 1. The third-order valence-corrected chi connectivity index (χ3v) is 3.59. The average Bonchev–Trinajstić information content (AvgIpc) is 2.20. The van der Waals surface area contributed by atoms with E-state index in [0.717, 1.165) is 12.1 Å². The van der Waals surface area contributed by atoms with Gasteiger partial charge >= 0.3 is 0 Å². The summed E-state index contributed by atoms with van der Waals surface area (Å²) in [5.74, 6) is 0. The van der Waals surface area contributed by atoms with Crippen LogP contribution in [0.3, 0.4) is 0 Å². The quantitative estimate of drug-likeness (QED) is 0.663. The predicted octanol–water partition coefficient (Wildman–Crippen LogP) is 1.61. The highest BCUT2D eigenvalue weighted by atomic mass is 15.2. The summed E-state index contributed by atoms with van der Waals surface area (Å²) in [6, 6.07) is 1.67. The van der Waals surface area contributed by atoms with Gasteiger partial charge in [-0.1, -0.05) is 6.42 Å². The second-order valence-electron chi connectivity index (χ2n) is 4.58. The molecule has 2 aliphatic heterocycles. The van der Waals surface area contributed by atoms with Crippen molar-refractivity contribution >= 4 is 0 Å². The number of nitrogens with zero attached hydrogens (tertiary/aromatic N) is 1. The molecule has 2 rings (SSSR count). The zero-order chi connectivity index (χ0) is 9.10. The van der Waals surface area contributed by atoms with E-state index in [1.807, 2.05) is 0 Å². The van der Waals surface area contributed by atoms with Crippen LogP contribution in [0.2, 0.25) is 0 Å². The van der Waals surface area contributed by atoms with E-state index in [0.29, 0.717) is 0 Å². The summed E-state index contributed by atoms with van der Waals surface area (Å²) in [7, 11) is 0. The van der Waals surface area contributed by atoms with Gasteiger partial charge in [0.15, 0.2) is 0 Å². The molecule has 1 N–H and O–H groups in total. The van der Waals surface area contributed by atoms with Crippen molar-refractivity contribution in [3.05, 3.63) is 0 Å². The van der Waals surface area contributed by atoms with Crippen LogP contribution in [0.25, 0.3) is 0 Å². The van der Waals surface area contributed by atoms with Gasteiger partial charge in [-0.05, 0) is 45.7 Å². The van der Waals surface area contributed by atoms with Gasteiger partial charge in [-0.3, -0.25) is 4.90 Å². The summed E-state index contributed by atoms with van der Waals surface area (Å²) in [5, 5.41) is 3.51. The van der Waals surface area contributed by atoms with Gasteiger partial charge in [-0.25, -0.2) is 0 Å². The first kappa shape index (κ1) is 9.47. The van der Waals surface area contributed by atoms with Crippen molar-refractivity contribution in [3.63, 3.8) is 0 Å². The SMILES string of the molecule is C[C@H]1CCCCN1[C@H]1CCCNC1. The van der Waals surface area contributed by atoms with Crippen molar-refractivity contribution in [2.75, 3.05) is 19.6 Å². The first-order valence-electron chi connectivity index (χ1n) is 5.84. The Hall–Kier alpha value is -0.0800. The van der Waals surface area contributed by atoms with Crippen molar-refractivity contribution in [3.8, 4) is 0 Å². The van der Waals surface area contributed by atoms with Crippen LogP contribution < -0.4 is 5.32 Å². The molecule has 0 spiro atoms. The second-order valence-corrected chi connectivity index (χ2v) is 4.58. The number of nitrogens with one attached hydrogen (secondary N) is 1. The minimum absolute atomic E-state index is 0.832. The lowest BCUT2D eigenvalue weighted by Crippen LogP contribution is -2.51. The first-order valence-corrected chi connectivity index (χ1v) is 5.84. The van der Waals surface area contributed by atoms with Crippen LogP contribution in [0.5, 0.6) is 0 Å². The Morgan fingerprint density at radius 1 is 1.15 bits per heavy atom. The lowest BCUT2D eigenvalue weighted by Gasteiger charge is -2.41. The van der Waals surface area contributed by atoms with Gasteiger partial charge in [0.2, 0.25) is 0 Å². The Kier molecular flexibility index (Phi) is 3.23. The fourth-order valence-corrected chi connectivity index (χ4v) is 2.78. The van der Waals surface area contributed by atoms with Gasteiger partial charge < -0.3 is 5.32 Å². The Bertz CT molecular complexity index is 152. The van der Waals surface area contributed by atoms with Crippen LogP contribution in [0.1, 0.15) is 39.0 Å². The smallest absolute Gasteiger partial charge is 0.0223 e. The molecule has 2 heterocycles.